The van der Waals surface area contributed by atoms with E-state index in [1.54, 1.807) is 24.3 Å². The standard InChI is InChI=1S/C30H42O8/c1-5-23-19(13-33-23)27(20-14-34-24(20)6-2)37-29(31)17-11-9-10-12-18(17)30(32)38-28(21-15-35-25(21)7-3)22-16-36-26(22)8-4/h9-12,19-28H,5-8,13-16H2,1-4H3. The Bertz CT molecular complexity index is 856. The van der Waals surface area contributed by atoms with Gasteiger partial charge in [-0.25, -0.2) is 9.59 Å². The molecule has 4 saturated heterocycles. The molecule has 1 aromatic rings. The second-order valence-corrected chi connectivity index (χ2v) is 11.1. The fraction of sp³-hybridized carbons (Fsp3) is 0.733. The quantitative estimate of drug-likeness (QED) is 0.367. The molecule has 0 amide bonds. The van der Waals surface area contributed by atoms with Crippen LogP contribution in [0.1, 0.15) is 74.1 Å². The highest BCUT2D eigenvalue weighted by atomic mass is 16.6. The van der Waals surface area contributed by atoms with Crippen LogP contribution in [0.15, 0.2) is 24.3 Å². The Morgan fingerprint density at radius 1 is 0.632 bits per heavy atom. The summed E-state index contributed by atoms with van der Waals surface area (Å²) in [5.41, 5.74) is 0.466. The van der Waals surface area contributed by atoms with Gasteiger partial charge in [0.25, 0.3) is 0 Å². The van der Waals surface area contributed by atoms with Crippen molar-refractivity contribution >= 4 is 11.9 Å². The Kier molecular flexibility index (Phi) is 8.72. The van der Waals surface area contributed by atoms with Gasteiger partial charge < -0.3 is 28.4 Å². The summed E-state index contributed by atoms with van der Waals surface area (Å²) in [6, 6.07) is 6.80. The average Bonchev–Trinajstić information content (AvgIpc) is 2.82. The third kappa shape index (κ3) is 5.12. The number of ether oxygens (including phenoxy) is 6. The van der Waals surface area contributed by atoms with E-state index in [1.165, 1.54) is 0 Å². The van der Waals surface area contributed by atoms with E-state index in [0.717, 1.165) is 25.7 Å². The monoisotopic (exact) mass is 530 g/mol. The summed E-state index contributed by atoms with van der Waals surface area (Å²) in [7, 11) is 0. The van der Waals surface area contributed by atoms with Crippen molar-refractivity contribution in [2.75, 3.05) is 26.4 Å². The Labute approximate surface area is 225 Å². The summed E-state index contributed by atoms with van der Waals surface area (Å²) in [6.45, 7) is 10.6. The minimum absolute atomic E-state index is 0.0688. The molecule has 4 aliphatic heterocycles. The fourth-order valence-corrected chi connectivity index (χ4v) is 6.48. The molecule has 210 valence electrons. The highest BCUT2D eigenvalue weighted by molar-refractivity contribution is 6.03. The second-order valence-electron chi connectivity index (χ2n) is 11.1. The third-order valence-electron chi connectivity index (χ3n) is 9.07. The van der Waals surface area contributed by atoms with Gasteiger partial charge in [0.1, 0.15) is 12.2 Å². The van der Waals surface area contributed by atoms with Gasteiger partial charge in [0, 0.05) is 23.7 Å². The van der Waals surface area contributed by atoms with E-state index < -0.39 is 11.9 Å². The Hall–Kier alpha value is -2.00. The molecule has 0 aromatic heterocycles. The Morgan fingerprint density at radius 2 is 0.921 bits per heavy atom. The highest BCUT2D eigenvalue weighted by Crippen LogP contribution is 2.40. The minimum atomic E-state index is -0.501. The van der Waals surface area contributed by atoms with Crippen LogP contribution in [0.4, 0.5) is 0 Å². The molecule has 0 saturated carbocycles. The van der Waals surface area contributed by atoms with E-state index in [2.05, 4.69) is 27.7 Å². The van der Waals surface area contributed by atoms with Crippen molar-refractivity contribution in [3.8, 4) is 0 Å². The van der Waals surface area contributed by atoms with Gasteiger partial charge in [-0.05, 0) is 37.8 Å². The highest BCUT2D eigenvalue weighted by Gasteiger charge is 2.50. The molecule has 0 bridgehead atoms. The fourth-order valence-electron chi connectivity index (χ4n) is 6.48. The average molecular weight is 531 g/mol. The van der Waals surface area contributed by atoms with Crippen molar-refractivity contribution in [1.82, 2.24) is 0 Å². The number of esters is 2. The molecule has 4 fully saturated rings. The number of carbonyl (C=O) groups excluding carboxylic acids is 2. The maximum absolute atomic E-state index is 13.6. The van der Waals surface area contributed by atoms with Crippen molar-refractivity contribution in [3.05, 3.63) is 35.4 Å². The normalized spacial score (nSPS) is 35.5. The van der Waals surface area contributed by atoms with Gasteiger partial charge in [-0.15, -0.1) is 0 Å². The largest absolute Gasteiger partial charge is 0.458 e. The van der Waals surface area contributed by atoms with Crippen molar-refractivity contribution in [2.24, 2.45) is 23.7 Å². The Morgan fingerprint density at radius 3 is 1.13 bits per heavy atom. The molecule has 8 atom stereocenters. The molecule has 0 aliphatic carbocycles. The van der Waals surface area contributed by atoms with Gasteiger partial charge in [-0.1, -0.05) is 39.8 Å². The molecule has 4 heterocycles. The zero-order valence-corrected chi connectivity index (χ0v) is 23.0. The van der Waals surface area contributed by atoms with Crippen molar-refractivity contribution < 1.29 is 38.0 Å². The minimum Gasteiger partial charge on any atom is -0.458 e. The van der Waals surface area contributed by atoms with Gasteiger partial charge in [-0.2, -0.15) is 0 Å². The molecule has 1 aromatic carbocycles. The lowest BCUT2D eigenvalue weighted by atomic mass is 9.78. The molecule has 8 unspecified atom stereocenters. The van der Waals surface area contributed by atoms with Crippen LogP contribution in [0.3, 0.4) is 0 Å². The lowest BCUT2D eigenvalue weighted by Crippen LogP contribution is -2.58. The predicted molar refractivity (Wildman–Crippen MR) is 139 cm³/mol. The van der Waals surface area contributed by atoms with Gasteiger partial charge in [0.15, 0.2) is 0 Å². The molecule has 4 aliphatic rings. The van der Waals surface area contributed by atoms with E-state index in [-0.39, 0.29) is 71.4 Å². The summed E-state index contributed by atoms with van der Waals surface area (Å²) in [4.78, 5) is 27.2. The summed E-state index contributed by atoms with van der Waals surface area (Å²) < 4.78 is 35.3. The molecule has 8 nitrogen and oxygen atoms in total. The summed E-state index contributed by atoms with van der Waals surface area (Å²) in [6.07, 6.45) is 3.10. The van der Waals surface area contributed by atoms with Gasteiger partial charge >= 0.3 is 11.9 Å². The summed E-state index contributed by atoms with van der Waals surface area (Å²) in [5, 5.41) is 0. The van der Waals surface area contributed by atoms with Crippen LogP contribution in [0.5, 0.6) is 0 Å². The third-order valence-corrected chi connectivity index (χ3v) is 9.07. The second kappa shape index (κ2) is 12.0. The first-order chi connectivity index (χ1) is 18.5. The molecular formula is C30H42O8. The zero-order valence-electron chi connectivity index (χ0n) is 23.0. The number of rotatable bonds is 12. The smallest absolute Gasteiger partial charge is 0.339 e. The molecule has 0 N–H and O–H groups in total. The molecular weight excluding hydrogens is 488 g/mol. The number of hydrogen-bond acceptors (Lipinski definition) is 8. The first kappa shape index (κ1) is 27.6. The van der Waals surface area contributed by atoms with Gasteiger partial charge in [0.05, 0.1) is 62.0 Å². The first-order valence-electron chi connectivity index (χ1n) is 14.5. The van der Waals surface area contributed by atoms with Crippen LogP contribution < -0.4 is 0 Å². The van der Waals surface area contributed by atoms with Crippen molar-refractivity contribution in [1.29, 1.82) is 0 Å². The lowest BCUT2D eigenvalue weighted by molar-refractivity contribution is -0.223. The van der Waals surface area contributed by atoms with E-state index in [1.807, 2.05) is 0 Å². The van der Waals surface area contributed by atoms with Crippen LogP contribution in [-0.2, 0) is 28.4 Å². The summed E-state index contributed by atoms with van der Waals surface area (Å²) in [5.74, 6) is -0.484. The predicted octanol–water partition coefficient (Wildman–Crippen LogP) is 4.44. The van der Waals surface area contributed by atoms with Crippen LogP contribution in [-0.4, -0.2) is 75.0 Å². The maximum Gasteiger partial charge on any atom is 0.339 e. The van der Waals surface area contributed by atoms with Gasteiger partial charge in [-0.3, -0.25) is 0 Å². The molecule has 0 radical (unpaired) electrons. The van der Waals surface area contributed by atoms with Gasteiger partial charge in [0.2, 0.25) is 0 Å². The van der Waals surface area contributed by atoms with Crippen molar-refractivity contribution in [3.63, 3.8) is 0 Å². The SMILES string of the molecule is CCC1OCC1C(OC(=O)c1ccccc1C(=O)OC(C1COC1CC)C1COC1CC)C1COC1CC. The zero-order chi connectivity index (χ0) is 26.8. The van der Waals surface area contributed by atoms with Crippen LogP contribution in [0.2, 0.25) is 0 Å². The van der Waals surface area contributed by atoms with Crippen LogP contribution in [0, 0.1) is 23.7 Å². The first-order valence-corrected chi connectivity index (χ1v) is 14.5. The number of carbonyl (C=O) groups is 2. The number of hydrogen-bond donors (Lipinski definition) is 0. The van der Waals surface area contributed by atoms with Crippen LogP contribution in [0.25, 0.3) is 0 Å². The molecule has 8 heteroatoms. The maximum atomic E-state index is 13.6. The lowest BCUT2D eigenvalue weighted by Gasteiger charge is -2.49. The van der Waals surface area contributed by atoms with E-state index in [4.69, 9.17) is 28.4 Å². The molecule has 0 spiro atoms. The molecule has 5 rings (SSSR count). The van der Waals surface area contributed by atoms with E-state index in [0.29, 0.717) is 26.4 Å². The Balaban J connectivity index is 1.34. The van der Waals surface area contributed by atoms with E-state index >= 15 is 0 Å². The summed E-state index contributed by atoms with van der Waals surface area (Å²) >= 11 is 0. The van der Waals surface area contributed by atoms with Crippen molar-refractivity contribution in [2.45, 2.75) is 90.0 Å². The number of benzene rings is 1. The molecule has 38 heavy (non-hydrogen) atoms. The van der Waals surface area contributed by atoms with Crippen LogP contribution >= 0.6 is 0 Å². The van der Waals surface area contributed by atoms with E-state index in [9.17, 15) is 9.59 Å². The topological polar surface area (TPSA) is 89.5 Å².